The molecule has 2 heterocycles. The van der Waals surface area contributed by atoms with Gasteiger partial charge < -0.3 is 20.1 Å². The number of nitrogens with one attached hydrogen (secondary N) is 1. The summed E-state index contributed by atoms with van der Waals surface area (Å²) in [6, 6.07) is 6.33. The molecule has 1 aliphatic rings. The summed E-state index contributed by atoms with van der Waals surface area (Å²) in [7, 11) is 1.62. The third-order valence-electron chi connectivity index (χ3n) is 4.19. The molecule has 0 saturated carbocycles. The lowest BCUT2D eigenvalue weighted by molar-refractivity contribution is 0.274. The number of ether oxygens (including phenoxy) is 1. The summed E-state index contributed by atoms with van der Waals surface area (Å²) < 4.78 is 5.25. The Balaban J connectivity index is 1.58. The van der Waals surface area contributed by atoms with E-state index in [1.165, 1.54) is 0 Å². The van der Waals surface area contributed by atoms with E-state index in [0.717, 1.165) is 53.8 Å². The number of aliphatic hydroxyl groups excluding tert-OH is 1. The molecular weight excluding hydrogens is 310 g/mol. The van der Waals surface area contributed by atoms with Crippen LogP contribution >= 0.6 is 11.3 Å². The maximum atomic E-state index is 9.42. The second kappa shape index (κ2) is 7.19. The highest BCUT2D eigenvalue weighted by Gasteiger charge is 2.21. The summed E-state index contributed by atoms with van der Waals surface area (Å²) in [6.07, 6.45) is 2.16. The van der Waals surface area contributed by atoms with Crippen LogP contribution in [0.4, 0.5) is 10.8 Å². The number of rotatable bonds is 5. The summed E-state index contributed by atoms with van der Waals surface area (Å²) >= 11 is 1.72. The van der Waals surface area contributed by atoms with Gasteiger partial charge in [0, 0.05) is 35.8 Å². The molecule has 0 atom stereocenters. The van der Waals surface area contributed by atoms with Crippen molar-refractivity contribution in [2.75, 3.05) is 30.4 Å². The van der Waals surface area contributed by atoms with E-state index in [2.05, 4.69) is 20.6 Å². The molecule has 0 spiro atoms. The van der Waals surface area contributed by atoms with Crippen LogP contribution in [0.3, 0.4) is 0 Å². The first-order valence-electron chi connectivity index (χ1n) is 7.91. The van der Waals surface area contributed by atoms with E-state index < -0.39 is 0 Å². The summed E-state index contributed by atoms with van der Waals surface area (Å²) in [5.41, 5.74) is 2.95. The topological polar surface area (TPSA) is 57.6 Å². The number of aryl methyl sites for hydroxylation is 1. The van der Waals surface area contributed by atoms with Crippen LogP contribution in [0.15, 0.2) is 23.6 Å². The Kier molecular flexibility index (Phi) is 5.03. The van der Waals surface area contributed by atoms with Gasteiger partial charge in [-0.2, -0.15) is 0 Å². The molecule has 5 nitrogen and oxygen atoms in total. The van der Waals surface area contributed by atoms with Crippen molar-refractivity contribution in [2.24, 2.45) is 0 Å². The molecule has 23 heavy (non-hydrogen) atoms. The van der Waals surface area contributed by atoms with Crippen LogP contribution < -0.4 is 15.0 Å². The molecular formula is C17H23N3O2S. The molecule has 6 heteroatoms. The van der Waals surface area contributed by atoms with E-state index in [0.29, 0.717) is 6.04 Å². The van der Waals surface area contributed by atoms with Gasteiger partial charge in [-0.3, -0.25) is 0 Å². The smallest absolute Gasteiger partial charge is 0.185 e. The summed E-state index contributed by atoms with van der Waals surface area (Å²) in [5, 5.41) is 16.2. The molecule has 3 rings (SSSR count). The van der Waals surface area contributed by atoms with E-state index in [9.17, 15) is 5.11 Å². The van der Waals surface area contributed by atoms with Crippen LogP contribution in [0.25, 0.3) is 0 Å². The Morgan fingerprint density at radius 3 is 2.78 bits per heavy atom. The van der Waals surface area contributed by atoms with Crippen LogP contribution in [0.1, 0.15) is 24.1 Å². The predicted octanol–water partition coefficient (Wildman–Crippen LogP) is 3.03. The van der Waals surface area contributed by atoms with Gasteiger partial charge in [0.15, 0.2) is 5.13 Å². The Labute approximate surface area is 140 Å². The number of hydrogen-bond donors (Lipinski definition) is 2. The van der Waals surface area contributed by atoms with Gasteiger partial charge in [0.2, 0.25) is 0 Å². The summed E-state index contributed by atoms with van der Waals surface area (Å²) in [6.45, 7) is 4.07. The summed E-state index contributed by atoms with van der Waals surface area (Å²) in [4.78, 5) is 6.93. The maximum Gasteiger partial charge on any atom is 0.185 e. The van der Waals surface area contributed by atoms with Crippen molar-refractivity contribution in [3.63, 3.8) is 0 Å². The predicted molar refractivity (Wildman–Crippen MR) is 94.6 cm³/mol. The van der Waals surface area contributed by atoms with E-state index in [1.807, 2.05) is 25.1 Å². The fourth-order valence-corrected chi connectivity index (χ4v) is 3.79. The van der Waals surface area contributed by atoms with E-state index in [4.69, 9.17) is 4.74 Å². The monoisotopic (exact) mass is 333 g/mol. The largest absolute Gasteiger partial charge is 0.496 e. The van der Waals surface area contributed by atoms with Gasteiger partial charge in [-0.15, -0.1) is 11.3 Å². The lowest BCUT2D eigenvalue weighted by Gasteiger charge is -2.32. The quantitative estimate of drug-likeness (QED) is 0.881. The first kappa shape index (κ1) is 16.1. The number of anilines is 2. The molecule has 1 aliphatic heterocycles. The summed E-state index contributed by atoms with van der Waals surface area (Å²) in [5.74, 6) is 0.729. The highest BCUT2D eigenvalue weighted by Crippen LogP contribution is 2.27. The van der Waals surface area contributed by atoms with Gasteiger partial charge in [0.1, 0.15) is 5.75 Å². The van der Waals surface area contributed by atoms with Gasteiger partial charge in [-0.05, 0) is 38.0 Å². The standard InChI is InChI=1S/C17H23N3O2S/c1-12-11-23-17(18-12)20-7-5-14(6-8-20)19-15-3-4-16(22-2)13(9-15)10-21/h3-4,9,11,14,19,21H,5-8,10H2,1-2H3. The van der Waals surface area contributed by atoms with Crippen LogP contribution in [-0.4, -0.2) is 36.3 Å². The zero-order valence-electron chi connectivity index (χ0n) is 13.6. The molecule has 1 saturated heterocycles. The fraction of sp³-hybridized carbons (Fsp3) is 0.471. The first-order valence-corrected chi connectivity index (χ1v) is 8.79. The SMILES string of the molecule is COc1ccc(NC2CCN(c3nc(C)cs3)CC2)cc1CO. The van der Waals surface area contributed by atoms with Gasteiger partial charge in [0.25, 0.3) is 0 Å². The van der Waals surface area contributed by atoms with Crippen molar-refractivity contribution in [1.82, 2.24) is 4.98 Å². The molecule has 1 aromatic carbocycles. The molecule has 0 aliphatic carbocycles. The highest BCUT2D eigenvalue weighted by molar-refractivity contribution is 7.13. The Hall–Kier alpha value is -1.79. The lowest BCUT2D eigenvalue weighted by atomic mass is 10.0. The zero-order chi connectivity index (χ0) is 16.2. The van der Waals surface area contributed by atoms with E-state index in [1.54, 1.807) is 18.4 Å². The van der Waals surface area contributed by atoms with Gasteiger partial charge in [0.05, 0.1) is 19.4 Å². The Bertz CT molecular complexity index is 651. The number of piperidine rings is 1. The van der Waals surface area contributed by atoms with Crippen molar-refractivity contribution >= 4 is 22.2 Å². The van der Waals surface area contributed by atoms with Gasteiger partial charge in [-0.25, -0.2) is 4.98 Å². The number of methoxy groups -OCH3 is 1. The van der Waals surface area contributed by atoms with E-state index in [-0.39, 0.29) is 6.61 Å². The minimum Gasteiger partial charge on any atom is -0.496 e. The minimum absolute atomic E-state index is 0.0134. The molecule has 0 radical (unpaired) electrons. The molecule has 124 valence electrons. The Morgan fingerprint density at radius 2 is 2.17 bits per heavy atom. The van der Waals surface area contributed by atoms with Crippen LogP contribution in [0.5, 0.6) is 5.75 Å². The second-order valence-corrected chi connectivity index (χ2v) is 6.70. The zero-order valence-corrected chi connectivity index (χ0v) is 14.4. The third kappa shape index (κ3) is 3.76. The fourth-order valence-electron chi connectivity index (χ4n) is 2.93. The van der Waals surface area contributed by atoms with Gasteiger partial charge >= 0.3 is 0 Å². The molecule has 1 fully saturated rings. The molecule has 0 bridgehead atoms. The number of aromatic nitrogens is 1. The van der Waals surface area contributed by atoms with Crippen molar-refractivity contribution in [3.8, 4) is 5.75 Å². The number of benzene rings is 1. The molecule has 2 N–H and O–H groups in total. The first-order chi connectivity index (χ1) is 11.2. The van der Waals surface area contributed by atoms with E-state index >= 15 is 0 Å². The third-order valence-corrected chi connectivity index (χ3v) is 5.21. The van der Waals surface area contributed by atoms with Crippen molar-refractivity contribution in [3.05, 3.63) is 34.8 Å². The molecule has 1 aromatic heterocycles. The number of aliphatic hydroxyl groups is 1. The normalized spacial score (nSPS) is 15.7. The Morgan fingerprint density at radius 1 is 1.39 bits per heavy atom. The van der Waals surface area contributed by atoms with Crippen LogP contribution in [0, 0.1) is 6.92 Å². The number of hydrogen-bond acceptors (Lipinski definition) is 6. The van der Waals surface area contributed by atoms with Crippen molar-refractivity contribution in [1.29, 1.82) is 0 Å². The second-order valence-electron chi connectivity index (χ2n) is 5.86. The molecule has 2 aromatic rings. The average molecular weight is 333 g/mol. The van der Waals surface area contributed by atoms with Crippen LogP contribution in [-0.2, 0) is 6.61 Å². The highest BCUT2D eigenvalue weighted by atomic mass is 32.1. The lowest BCUT2D eigenvalue weighted by Crippen LogP contribution is -2.39. The molecule has 0 amide bonds. The number of nitrogens with zero attached hydrogens (tertiary/aromatic N) is 2. The van der Waals surface area contributed by atoms with Crippen molar-refractivity contribution in [2.45, 2.75) is 32.4 Å². The van der Waals surface area contributed by atoms with Crippen LogP contribution in [0.2, 0.25) is 0 Å². The average Bonchev–Trinajstić information content (AvgIpc) is 3.02. The maximum absolute atomic E-state index is 9.42. The van der Waals surface area contributed by atoms with Gasteiger partial charge in [-0.1, -0.05) is 0 Å². The van der Waals surface area contributed by atoms with Crippen molar-refractivity contribution < 1.29 is 9.84 Å². The minimum atomic E-state index is -0.0134. The molecule has 0 unspecified atom stereocenters. The number of thiazole rings is 1.